The van der Waals surface area contributed by atoms with Crippen LogP contribution in [0.25, 0.3) is 0 Å². The summed E-state index contributed by atoms with van der Waals surface area (Å²) in [4.78, 5) is 2.70. The Labute approximate surface area is 114 Å². The minimum atomic E-state index is 0.783. The maximum Gasteiger partial charge on any atom is 0.00925 e. The Morgan fingerprint density at radius 1 is 1.22 bits per heavy atom. The second-order valence-electron chi connectivity index (χ2n) is 6.62. The number of nitrogens with two attached hydrogens (primary N) is 1. The van der Waals surface area contributed by atoms with Gasteiger partial charge >= 0.3 is 0 Å². The van der Waals surface area contributed by atoms with E-state index < -0.39 is 0 Å². The van der Waals surface area contributed by atoms with Crippen molar-refractivity contribution in [1.82, 2.24) is 4.90 Å². The van der Waals surface area contributed by atoms with Crippen molar-refractivity contribution >= 4 is 0 Å². The van der Waals surface area contributed by atoms with Crippen molar-refractivity contribution in [3.05, 3.63) is 0 Å². The summed E-state index contributed by atoms with van der Waals surface area (Å²) in [6.07, 6.45) is 6.71. The van der Waals surface area contributed by atoms with Crippen molar-refractivity contribution < 1.29 is 0 Å². The summed E-state index contributed by atoms with van der Waals surface area (Å²) in [5, 5.41) is 0. The summed E-state index contributed by atoms with van der Waals surface area (Å²) < 4.78 is 0. The second-order valence-corrected chi connectivity index (χ2v) is 6.62. The lowest BCUT2D eigenvalue weighted by Crippen LogP contribution is -2.42. The standard InChI is InChI=1S/C16H34N2/c1-13(2)16(9-10-17)8-6-12-18-11-5-7-14(3)15(18)4/h13-16H,5-12,17H2,1-4H3. The fraction of sp³-hybridized carbons (Fsp3) is 1.00. The second kappa shape index (κ2) is 8.16. The SMILES string of the molecule is CC(C)C(CCN)CCCN1CCCC(C)C1C. The molecule has 3 unspecified atom stereocenters. The topological polar surface area (TPSA) is 29.3 Å². The molecule has 18 heavy (non-hydrogen) atoms. The van der Waals surface area contributed by atoms with E-state index >= 15 is 0 Å². The predicted molar refractivity (Wildman–Crippen MR) is 80.7 cm³/mol. The van der Waals surface area contributed by atoms with Gasteiger partial charge in [0.05, 0.1) is 0 Å². The van der Waals surface area contributed by atoms with E-state index in [0.717, 1.165) is 30.3 Å². The molecule has 0 aromatic rings. The van der Waals surface area contributed by atoms with Gasteiger partial charge in [0, 0.05) is 6.04 Å². The molecule has 1 aliphatic heterocycles. The molecular weight excluding hydrogens is 220 g/mol. The molecule has 1 fully saturated rings. The zero-order valence-electron chi connectivity index (χ0n) is 13.0. The molecule has 2 N–H and O–H groups in total. The van der Waals surface area contributed by atoms with Crippen molar-refractivity contribution in [2.45, 2.75) is 65.8 Å². The van der Waals surface area contributed by atoms with Crippen LogP contribution >= 0.6 is 0 Å². The van der Waals surface area contributed by atoms with Crippen LogP contribution in [-0.4, -0.2) is 30.6 Å². The van der Waals surface area contributed by atoms with Gasteiger partial charge in [-0.2, -0.15) is 0 Å². The third-order valence-electron chi connectivity index (χ3n) is 5.00. The molecule has 0 radical (unpaired) electrons. The van der Waals surface area contributed by atoms with E-state index in [0.29, 0.717) is 0 Å². The van der Waals surface area contributed by atoms with Crippen LogP contribution in [0.3, 0.4) is 0 Å². The van der Waals surface area contributed by atoms with Crippen molar-refractivity contribution in [2.75, 3.05) is 19.6 Å². The molecule has 0 bridgehead atoms. The van der Waals surface area contributed by atoms with E-state index in [1.807, 2.05) is 0 Å². The van der Waals surface area contributed by atoms with Gasteiger partial charge in [-0.05, 0) is 76.4 Å². The van der Waals surface area contributed by atoms with Crippen LogP contribution in [0, 0.1) is 17.8 Å². The highest BCUT2D eigenvalue weighted by molar-refractivity contribution is 4.78. The molecule has 0 saturated carbocycles. The highest BCUT2D eigenvalue weighted by Gasteiger charge is 2.24. The molecule has 3 atom stereocenters. The first kappa shape index (κ1) is 16.0. The van der Waals surface area contributed by atoms with Crippen LogP contribution < -0.4 is 5.73 Å². The summed E-state index contributed by atoms with van der Waals surface area (Å²) in [5.41, 5.74) is 5.71. The molecule has 2 heteroatoms. The maximum atomic E-state index is 5.71. The first-order valence-corrected chi connectivity index (χ1v) is 8.00. The molecule has 2 nitrogen and oxygen atoms in total. The number of hydrogen-bond acceptors (Lipinski definition) is 2. The summed E-state index contributed by atoms with van der Waals surface area (Å²) in [7, 11) is 0. The molecule has 1 rings (SSSR count). The van der Waals surface area contributed by atoms with Gasteiger partial charge in [0.25, 0.3) is 0 Å². The molecule has 108 valence electrons. The Bertz CT molecular complexity index is 215. The Morgan fingerprint density at radius 2 is 1.94 bits per heavy atom. The molecule has 0 spiro atoms. The number of nitrogens with zero attached hydrogens (tertiary/aromatic N) is 1. The number of piperidine rings is 1. The van der Waals surface area contributed by atoms with Crippen LogP contribution in [-0.2, 0) is 0 Å². The van der Waals surface area contributed by atoms with Crippen LogP contribution in [0.4, 0.5) is 0 Å². The van der Waals surface area contributed by atoms with Gasteiger partial charge in [-0.15, -0.1) is 0 Å². The average molecular weight is 254 g/mol. The first-order chi connectivity index (χ1) is 8.56. The van der Waals surface area contributed by atoms with Crippen LogP contribution in [0.2, 0.25) is 0 Å². The molecule has 1 heterocycles. The van der Waals surface area contributed by atoms with Gasteiger partial charge < -0.3 is 10.6 Å². The molecule has 0 aromatic heterocycles. The molecule has 1 aliphatic rings. The van der Waals surface area contributed by atoms with Crippen molar-refractivity contribution in [3.8, 4) is 0 Å². The minimum absolute atomic E-state index is 0.783. The maximum absolute atomic E-state index is 5.71. The van der Waals surface area contributed by atoms with Crippen molar-refractivity contribution in [1.29, 1.82) is 0 Å². The largest absolute Gasteiger partial charge is 0.330 e. The third kappa shape index (κ3) is 4.89. The smallest absolute Gasteiger partial charge is 0.00925 e. The van der Waals surface area contributed by atoms with E-state index in [9.17, 15) is 0 Å². The fourth-order valence-electron chi connectivity index (χ4n) is 3.32. The molecule has 0 amide bonds. The van der Waals surface area contributed by atoms with Gasteiger partial charge in [-0.1, -0.05) is 20.8 Å². The summed E-state index contributed by atoms with van der Waals surface area (Å²) >= 11 is 0. The average Bonchev–Trinajstić information content (AvgIpc) is 2.33. The number of hydrogen-bond donors (Lipinski definition) is 1. The normalized spacial score (nSPS) is 27.7. The van der Waals surface area contributed by atoms with Gasteiger partial charge in [-0.3, -0.25) is 0 Å². The zero-order chi connectivity index (χ0) is 13.5. The van der Waals surface area contributed by atoms with Crippen LogP contribution in [0.15, 0.2) is 0 Å². The third-order valence-corrected chi connectivity index (χ3v) is 5.00. The van der Waals surface area contributed by atoms with Gasteiger partial charge in [0.15, 0.2) is 0 Å². The van der Waals surface area contributed by atoms with Crippen molar-refractivity contribution in [2.24, 2.45) is 23.5 Å². The minimum Gasteiger partial charge on any atom is -0.330 e. The van der Waals surface area contributed by atoms with Gasteiger partial charge in [0.1, 0.15) is 0 Å². The van der Waals surface area contributed by atoms with Gasteiger partial charge in [0.2, 0.25) is 0 Å². The highest BCUT2D eigenvalue weighted by Crippen LogP contribution is 2.25. The van der Waals surface area contributed by atoms with E-state index in [4.69, 9.17) is 5.73 Å². The lowest BCUT2D eigenvalue weighted by molar-refractivity contribution is 0.109. The molecule has 1 saturated heterocycles. The predicted octanol–water partition coefficient (Wildman–Crippen LogP) is 3.51. The van der Waals surface area contributed by atoms with E-state index in [2.05, 4.69) is 32.6 Å². The number of rotatable bonds is 7. The Kier molecular flexibility index (Phi) is 7.25. The van der Waals surface area contributed by atoms with Crippen LogP contribution in [0.5, 0.6) is 0 Å². The Balaban J connectivity index is 2.27. The Morgan fingerprint density at radius 3 is 2.56 bits per heavy atom. The Hall–Kier alpha value is -0.0800. The molecule has 0 aromatic carbocycles. The van der Waals surface area contributed by atoms with E-state index in [1.54, 1.807) is 0 Å². The molecular formula is C16H34N2. The summed E-state index contributed by atoms with van der Waals surface area (Å²) in [6.45, 7) is 12.9. The van der Waals surface area contributed by atoms with E-state index in [-0.39, 0.29) is 0 Å². The van der Waals surface area contributed by atoms with Crippen molar-refractivity contribution in [3.63, 3.8) is 0 Å². The fourth-order valence-corrected chi connectivity index (χ4v) is 3.32. The quantitative estimate of drug-likeness (QED) is 0.753. The lowest BCUT2D eigenvalue weighted by Gasteiger charge is -2.38. The van der Waals surface area contributed by atoms with Crippen LogP contribution in [0.1, 0.15) is 59.8 Å². The summed E-state index contributed by atoms with van der Waals surface area (Å²) in [5.74, 6) is 2.49. The van der Waals surface area contributed by atoms with Gasteiger partial charge in [-0.25, -0.2) is 0 Å². The zero-order valence-corrected chi connectivity index (χ0v) is 13.0. The van der Waals surface area contributed by atoms with E-state index in [1.165, 1.54) is 45.2 Å². The number of likely N-dealkylation sites (tertiary alicyclic amines) is 1. The summed E-state index contributed by atoms with van der Waals surface area (Å²) in [6, 6.07) is 0.783. The highest BCUT2D eigenvalue weighted by atomic mass is 15.2. The first-order valence-electron chi connectivity index (χ1n) is 8.00. The lowest BCUT2D eigenvalue weighted by atomic mass is 9.87. The molecule has 0 aliphatic carbocycles. The monoisotopic (exact) mass is 254 g/mol.